The van der Waals surface area contributed by atoms with Crippen LogP contribution in [0.25, 0.3) is 0 Å². The maximum absolute atomic E-state index is 8.62. The first kappa shape index (κ1) is 9.76. The summed E-state index contributed by atoms with van der Waals surface area (Å²) in [5.74, 6) is 0. The summed E-state index contributed by atoms with van der Waals surface area (Å²) in [5.41, 5.74) is 1.21. The zero-order valence-electron chi connectivity index (χ0n) is 7.99. The van der Waals surface area contributed by atoms with Crippen LogP contribution in [0.2, 0.25) is 0 Å². The van der Waals surface area contributed by atoms with Crippen LogP contribution in [-0.4, -0.2) is 6.04 Å². The Morgan fingerprint density at radius 3 is 2.38 bits per heavy atom. The summed E-state index contributed by atoms with van der Waals surface area (Å²) in [6.45, 7) is 3.92. The van der Waals surface area contributed by atoms with Crippen molar-refractivity contribution in [2.24, 2.45) is 0 Å². The Morgan fingerprint density at radius 1 is 1.23 bits per heavy atom. The van der Waals surface area contributed by atoms with E-state index in [1.165, 1.54) is 5.56 Å². The normalized spacial score (nSPS) is 14.5. The van der Waals surface area contributed by atoms with Crippen molar-refractivity contribution < 1.29 is 0 Å². The molecule has 2 nitrogen and oxygen atoms in total. The predicted octanol–water partition coefficient (Wildman–Crippen LogP) is 2.25. The highest BCUT2D eigenvalue weighted by atomic mass is 14.9. The largest absolute Gasteiger partial charge is 0.296 e. The Morgan fingerprint density at radius 2 is 1.85 bits per heavy atom. The number of hydrogen-bond donors (Lipinski definition) is 1. The molecule has 1 aromatic carbocycles. The lowest BCUT2D eigenvalue weighted by Gasteiger charge is -2.15. The molecule has 0 heterocycles. The van der Waals surface area contributed by atoms with E-state index < -0.39 is 0 Å². The first-order valence-corrected chi connectivity index (χ1v) is 4.44. The lowest BCUT2D eigenvalue weighted by atomic mass is 10.1. The number of nitrogens with one attached hydrogen (secondary N) is 1. The van der Waals surface area contributed by atoms with E-state index in [0.29, 0.717) is 0 Å². The minimum Gasteiger partial charge on any atom is -0.296 e. The minimum absolute atomic E-state index is 0.102. The second-order valence-corrected chi connectivity index (χ2v) is 3.15. The van der Waals surface area contributed by atoms with E-state index >= 15 is 0 Å². The molecule has 13 heavy (non-hydrogen) atoms. The van der Waals surface area contributed by atoms with Gasteiger partial charge in [-0.15, -0.1) is 0 Å². The van der Waals surface area contributed by atoms with Gasteiger partial charge in [0.15, 0.2) is 0 Å². The summed E-state index contributed by atoms with van der Waals surface area (Å²) in [4.78, 5) is 0. The third-order valence-electron chi connectivity index (χ3n) is 1.99. The average Bonchev–Trinajstić information content (AvgIpc) is 2.19. The van der Waals surface area contributed by atoms with Crippen LogP contribution in [0, 0.1) is 11.3 Å². The summed E-state index contributed by atoms with van der Waals surface area (Å²) < 4.78 is 0. The first-order valence-electron chi connectivity index (χ1n) is 4.44. The van der Waals surface area contributed by atoms with Crippen LogP contribution in [0.15, 0.2) is 30.3 Å². The summed E-state index contributed by atoms with van der Waals surface area (Å²) >= 11 is 0. The Balaban J connectivity index is 2.60. The van der Waals surface area contributed by atoms with E-state index in [1.54, 1.807) is 0 Å². The zero-order valence-corrected chi connectivity index (χ0v) is 7.99. The molecule has 0 aromatic heterocycles. The molecule has 2 heteroatoms. The number of rotatable bonds is 3. The van der Waals surface area contributed by atoms with Gasteiger partial charge >= 0.3 is 0 Å². The van der Waals surface area contributed by atoms with Gasteiger partial charge in [-0.3, -0.25) is 5.32 Å². The van der Waals surface area contributed by atoms with Crippen LogP contribution < -0.4 is 5.32 Å². The lowest BCUT2D eigenvalue weighted by molar-refractivity contribution is 0.543. The van der Waals surface area contributed by atoms with Gasteiger partial charge in [0, 0.05) is 6.04 Å². The fourth-order valence-corrected chi connectivity index (χ4v) is 1.25. The van der Waals surface area contributed by atoms with Crippen LogP contribution in [0.1, 0.15) is 25.5 Å². The predicted molar refractivity (Wildman–Crippen MR) is 53.1 cm³/mol. The second-order valence-electron chi connectivity index (χ2n) is 3.15. The van der Waals surface area contributed by atoms with Crippen molar-refractivity contribution in [1.82, 2.24) is 5.32 Å². The second kappa shape index (κ2) is 4.64. The Hall–Kier alpha value is -1.33. The van der Waals surface area contributed by atoms with E-state index in [9.17, 15) is 0 Å². The van der Waals surface area contributed by atoms with Crippen LogP contribution in [0.4, 0.5) is 0 Å². The van der Waals surface area contributed by atoms with Crippen molar-refractivity contribution in [2.75, 3.05) is 0 Å². The van der Waals surface area contributed by atoms with E-state index in [2.05, 4.69) is 30.4 Å². The molecule has 0 bridgehead atoms. The maximum Gasteiger partial charge on any atom is 0.0929 e. The van der Waals surface area contributed by atoms with Crippen molar-refractivity contribution in [1.29, 1.82) is 5.26 Å². The molecule has 0 aliphatic carbocycles. The summed E-state index contributed by atoms with van der Waals surface area (Å²) in [6, 6.07) is 12.4. The topological polar surface area (TPSA) is 35.8 Å². The Kier molecular flexibility index (Phi) is 3.48. The molecular weight excluding hydrogens is 160 g/mol. The SMILES string of the molecule is CC(C#N)N[C@@H](C)c1ccccc1. The highest BCUT2D eigenvalue weighted by Gasteiger charge is 2.06. The van der Waals surface area contributed by atoms with Gasteiger partial charge in [0.1, 0.15) is 0 Å². The molecule has 0 radical (unpaired) electrons. The molecule has 0 aliphatic heterocycles. The van der Waals surface area contributed by atoms with E-state index in [0.717, 1.165) is 0 Å². The highest BCUT2D eigenvalue weighted by Crippen LogP contribution is 2.11. The maximum atomic E-state index is 8.62. The van der Waals surface area contributed by atoms with Crippen molar-refractivity contribution in [2.45, 2.75) is 25.9 Å². The molecular formula is C11H14N2. The van der Waals surface area contributed by atoms with Gasteiger partial charge in [-0.2, -0.15) is 5.26 Å². The van der Waals surface area contributed by atoms with Gasteiger partial charge in [0.05, 0.1) is 12.1 Å². The van der Waals surface area contributed by atoms with Crippen molar-refractivity contribution in [3.63, 3.8) is 0 Å². The van der Waals surface area contributed by atoms with Gasteiger partial charge in [0.2, 0.25) is 0 Å². The molecule has 0 spiro atoms. The van der Waals surface area contributed by atoms with Crippen molar-refractivity contribution in [3.8, 4) is 6.07 Å². The van der Waals surface area contributed by atoms with Crippen molar-refractivity contribution in [3.05, 3.63) is 35.9 Å². The molecule has 1 rings (SSSR count). The third-order valence-corrected chi connectivity index (χ3v) is 1.99. The molecule has 1 N–H and O–H groups in total. The highest BCUT2D eigenvalue weighted by molar-refractivity contribution is 5.18. The van der Waals surface area contributed by atoms with Crippen LogP contribution in [0.5, 0.6) is 0 Å². The Labute approximate surface area is 79.2 Å². The van der Waals surface area contributed by atoms with E-state index in [-0.39, 0.29) is 12.1 Å². The fourth-order valence-electron chi connectivity index (χ4n) is 1.25. The number of hydrogen-bond acceptors (Lipinski definition) is 2. The van der Waals surface area contributed by atoms with Gasteiger partial charge in [-0.05, 0) is 19.4 Å². The molecule has 0 saturated carbocycles. The smallest absolute Gasteiger partial charge is 0.0929 e. The number of nitriles is 1. The molecule has 68 valence electrons. The molecule has 0 fully saturated rings. The van der Waals surface area contributed by atoms with Crippen LogP contribution >= 0.6 is 0 Å². The zero-order chi connectivity index (χ0) is 9.68. The molecule has 1 unspecified atom stereocenters. The molecule has 0 saturated heterocycles. The van der Waals surface area contributed by atoms with Gasteiger partial charge < -0.3 is 0 Å². The van der Waals surface area contributed by atoms with Crippen LogP contribution in [0.3, 0.4) is 0 Å². The number of benzene rings is 1. The molecule has 2 atom stereocenters. The Bertz CT molecular complexity index is 287. The third kappa shape index (κ3) is 2.89. The van der Waals surface area contributed by atoms with E-state index in [1.807, 2.05) is 25.1 Å². The van der Waals surface area contributed by atoms with Gasteiger partial charge in [-0.25, -0.2) is 0 Å². The van der Waals surface area contributed by atoms with E-state index in [4.69, 9.17) is 5.26 Å². The minimum atomic E-state index is -0.102. The van der Waals surface area contributed by atoms with Gasteiger partial charge in [-0.1, -0.05) is 30.3 Å². The quantitative estimate of drug-likeness (QED) is 0.762. The lowest BCUT2D eigenvalue weighted by Crippen LogP contribution is -2.27. The number of nitrogens with zero attached hydrogens (tertiary/aromatic N) is 1. The summed E-state index contributed by atoms with van der Waals surface area (Å²) in [5, 5.41) is 11.8. The summed E-state index contributed by atoms with van der Waals surface area (Å²) in [6.07, 6.45) is 0. The van der Waals surface area contributed by atoms with Crippen LogP contribution in [-0.2, 0) is 0 Å². The molecule has 1 aromatic rings. The average molecular weight is 174 g/mol. The van der Waals surface area contributed by atoms with Crippen molar-refractivity contribution >= 4 is 0 Å². The standard InChI is InChI=1S/C11H14N2/c1-9(8-12)13-10(2)11-6-4-3-5-7-11/h3-7,9-10,13H,1-2H3/t9?,10-/m0/s1. The molecule has 0 amide bonds. The monoisotopic (exact) mass is 174 g/mol. The first-order chi connectivity index (χ1) is 6.24. The van der Waals surface area contributed by atoms with Gasteiger partial charge in [0.25, 0.3) is 0 Å². The fraction of sp³-hybridized carbons (Fsp3) is 0.364. The summed E-state index contributed by atoms with van der Waals surface area (Å²) in [7, 11) is 0. The molecule has 0 aliphatic rings.